The van der Waals surface area contributed by atoms with Crippen LogP contribution in [0.2, 0.25) is 0 Å². The fourth-order valence-electron chi connectivity index (χ4n) is 4.17. The van der Waals surface area contributed by atoms with Gasteiger partial charge in [0.1, 0.15) is 5.76 Å². The molecule has 0 spiro atoms. The minimum atomic E-state index is -0.266. The molecule has 1 atom stereocenters. The molecule has 0 bridgehead atoms. The molecule has 1 N–H and O–H groups in total. The number of likely N-dealkylation sites (N-methyl/N-ethyl adjacent to an activating group) is 1. The number of para-hydroxylation sites is 1. The van der Waals surface area contributed by atoms with Gasteiger partial charge in [0.05, 0.1) is 49.9 Å². The normalized spacial score (nSPS) is 20.0. The standard InChI is InChI=1S/C23H29N3O5/c1-25(21(27)16-26-11-5-4-10-20(26)23-30-13-14-31-23)19-9-3-2-8-18(19)22(28)24-15-17-7-6-12-29-17/h2-3,6-9,12,20,23H,4-5,10-11,13-16H2,1H3,(H,24,28). The van der Waals surface area contributed by atoms with E-state index < -0.39 is 0 Å². The summed E-state index contributed by atoms with van der Waals surface area (Å²) in [4.78, 5) is 29.6. The molecule has 2 saturated heterocycles. The van der Waals surface area contributed by atoms with Crippen molar-refractivity contribution in [3.63, 3.8) is 0 Å². The number of carbonyl (C=O) groups is 2. The third-order valence-corrected chi connectivity index (χ3v) is 5.85. The van der Waals surface area contributed by atoms with Crippen molar-refractivity contribution in [2.45, 2.75) is 38.1 Å². The molecule has 0 aliphatic carbocycles. The van der Waals surface area contributed by atoms with Crippen LogP contribution in [0.25, 0.3) is 0 Å². The molecule has 8 heteroatoms. The van der Waals surface area contributed by atoms with E-state index in [9.17, 15) is 9.59 Å². The molecule has 1 aromatic carbocycles. The van der Waals surface area contributed by atoms with Crippen LogP contribution < -0.4 is 10.2 Å². The van der Waals surface area contributed by atoms with Gasteiger partial charge in [0.2, 0.25) is 5.91 Å². The highest BCUT2D eigenvalue weighted by molar-refractivity contribution is 6.05. The molecule has 2 aliphatic heterocycles. The van der Waals surface area contributed by atoms with Gasteiger partial charge in [-0.25, -0.2) is 0 Å². The third-order valence-electron chi connectivity index (χ3n) is 5.85. The number of hydrogen-bond acceptors (Lipinski definition) is 6. The van der Waals surface area contributed by atoms with Gasteiger partial charge in [-0.15, -0.1) is 0 Å². The molecule has 0 radical (unpaired) electrons. The van der Waals surface area contributed by atoms with Gasteiger partial charge in [-0.1, -0.05) is 18.6 Å². The summed E-state index contributed by atoms with van der Waals surface area (Å²) in [5, 5.41) is 2.85. The number of benzene rings is 1. The number of nitrogens with one attached hydrogen (secondary N) is 1. The lowest BCUT2D eigenvalue weighted by molar-refractivity contribution is -0.129. The van der Waals surface area contributed by atoms with Gasteiger partial charge in [-0.3, -0.25) is 14.5 Å². The molecule has 31 heavy (non-hydrogen) atoms. The Balaban J connectivity index is 1.42. The molecular formula is C23H29N3O5. The van der Waals surface area contributed by atoms with E-state index in [0.29, 0.717) is 30.2 Å². The van der Waals surface area contributed by atoms with Crippen molar-refractivity contribution < 1.29 is 23.5 Å². The van der Waals surface area contributed by atoms with Crippen LogP contribution in [0.15, 0.2) is 47.1 Å². The second kappa shape index (κ2) is 10.1. The molecule has 2 aliphatic rings. The minimum absolute atomic E-state index is 0.0730. The Kier molecular flexibility index (Phi) is 7.01. The fourth-order valence-corrected chi connectivity index (χ4v) is 4.17. The van der Waals surface area contributed by atoms with Crippen molar-refractivity contribution in [3.8, 4) is 0 Å². The molecule has 1 unspecified atom stereocenters. The summed E-state index contributed by atoms with van der Waals surface area (Å²) in [6.07, 6.45) is 4.40. The van der Waals surface area contributed by atoms with Crippen LogP contribution in [0.1, 0.15) is 35.4 Å². The summed E-state index contributed by atoms with van der Waals surface area (Å²) in [7, 11) is 1.71. The van der Waals surface area contributed by atoms with Gasteiger partial charge < -0.3 is 24.1 Å². The predicted octanol–water partition coefficient (Wildman–Crippen LogP) is 2.40. The Morgan fingerprint density at radius 2 is 1.94 bits per heavy atom. The number of piperidine rings is 1. The highest BCUT2D eigenvalue weighted by Gasteiger charge is 2.35. The maximum Gasteiger partial charge on any atom is 0.253 e. The molecule has 2 aromatic rings. The van der Waals surface area contributed by atoms with E-state index in [1.54, 1.807) is 48.5 Å². The number of hydrogen-bond donors (Lipinski definition) is 1. The molecule has 3 heterocycles. The molecule has 1 aromatic heterocycles. The molecule has 2 fully saturated rings. The number of furan rings is 1. The first kappa shape index (κ1) is 21.5. The Labute approximate surface area is 182 Å². The number of amides is 2. The second-order valence-corrected chi connectivity index (χ2v) is 7.88. The summed E-state index contributed by atoms with van der Waals surface area (Å²) in [5.74, 6) is 0.342. The lowest BCUT2D eigenvalue weighted by Crippen LogP contribution is -2.51. The zero-order valence-corrected chi connectivity index (χ0v) is 17.8. The van der Waals surface area contributed by atoms with Crippen molar-refractivity contribution in [1.82, 2.24) is 10.2 Å². The van der Waals surface area contributed by atoms with Crippen molar-refractivity contribution >= 4 is 17.5 Å². The summed E-state index contributed by atoms with van der Waals surface area (Å²) < 4.78 is 16.7. The zero-order valence-electron chi connectivity index (χ0n) is 17.8. The van der Waals surface area contributed by atoms with Crippen molar-refractivity contribution in [1.29, 1.82) is 0 Å². The van der Waals surface area contributed by atoms with Crippen LogP contribution in [-0.4, -0.2) is 62.4 Å². The fraction of sp³-hybridized carbons (Fsp3) is 0.478. The first-order chi connectivity index (χ1) is 15.1. The quantitative estimate of drug-likeness (QED) is 0.731. The van der Waals surface area contributed by atoms with Gasteiger partial charge in [-0.2, -0.15) is 0 Å². The van der Waals surface area contributed by atoms with Crippen LogP contribution in [0, 0.1) is 0 Å². The average Bonchev–Trinajstić information content (AvgIpc) is 3.52. The number of nitrogens with zero attached hydrogens (tertiary/aromatic N) is 2. The van der Waals surface area contributed by atoms with Crippen LogP contribution >= 0.6 is 0 Å². The Bertz CT molecular complexity index is 879. The Hall–Kier alpha value is -2.68. The van der Waals surface area contributed by atoms with Gasteiger partial charge in [0.25, 0.3) is 5.91 Å². The van der Waals surface area contributed by atoms with Crippen LogP contribution in [0.5, 0.6) is 0 Å². The SMILES string of the molecule is CN(C(=O)CN1CCCCC1C1OCCO1)c1ccccc1C(=O)NCc1ccco1. The van der Waals surface area contributed by atoms with Crippen LogP contribution in [-0.2, 0) is 20.8 Å². The number of rotatable bonds is 7. The van der Waals surface area contributed by atoms with Gasteiger partial charge >= 0.3 is 0 Å². The largest absolute Gasteiger partial charge is 0.467 e. The van der Waals surface area contributed by atoms with E-state index in [1.165, 1.54) is 0 Å². The monoisotopic (exact) mass is 427 g/mol. The minimum Gasteiger partial charge on any atom is -0.467 e. The van der Waals surface area contributed by atoms with Crippen molar-refractivity contribution in [3.05, 3.63) is 54.0 Å². The van der Waals surface area contributed by atoms with E-state index in [4.69, 9.17) is 13.9 Å². The summed E-state index contributed by atoms with van der Waals surface area (Å²) in [6.45, 7) is 2.58. The number of likely N-dealkylation sites (tertiary alicyclic amines) is 1. The second-order valence-electron chi connectivity index (χ2n) is 7.88. The Morgan fingerprint density at radius 1 is 1.13 bits per heavy atom. The molecule has 4 rings (SSSR count). The highest BCUT2D eigenvalue weighted by Crippen LogP contribution is 2.25. The van der Waals surface area contributed by atoms with E-state index in [0.717, 1.165) is 25.8 Å². The number of carbonyl (C=O) groups excluding carboxylic acids is 2. The zero-order chi connectivity index (χ0) is 21.6. The topological polar surface area (TPSA) is 84.2 Å². The molecule has 8 nitrogen and oxygen atoms in total. The van der Waals surface area contributed by atoms with Gasteiger partial charge in [0.15, 0.2) is 6.29 Å². The first-order valence-corrected chi connectivity index (χ1v) is 10.8. The number of anilines is 1. The van der Waals surface area contributed by atoms with Gasteiger partial charge in [0, 0.05) is 7.05 Å². The molecular weight excluding hydrogens is 398 g/mol. The average molecular weight is 428 g/mol. The molecule has 0 saturated carbocycles. The first-order valence-electron chi connectivity index (χ1n) is 10.8. The van der Waals surface area contributed by atoms with Crippen LogP contribution in [0.4, 0.5) is 5.69 Å². The predicted molar refractivity (Wildman–Crippen MR) is 115 cm³/mol. The van der Waals surface area contributed by atoms with E-state index in [-0.39, 0.29) is 37.2 Å². The third kappa shape index (κ3) is 5.15. The summed E-state index contributed by atoms with van der Waals surface area (Å²) in [6, 6.07) is 10.8. The van der Waals surface area contributed by atoms with Crippen molar-refractivity contribution in [2.24, 2.45) is 0 Å². The van der Waals surface area contributed by atoms with Gasteiger partial charge in [-0.05, 0) is 43.7 Å². The maximum atomic E-state index is 13.1. The van der Waals surface area contributed by atoms with Crippen LogP contribution in [0.3, 0.4) is 0 Å². The van der Waals surface area contributed by atoms with Crippen molar-refractivity contribution in [2.75, 3.05) is 38.3 Å². The van der Waals surface area contributed by atoms with E-state index >= 15 is 0 Å². The lowest BCUT2D eigenvalue weighted by Gasteiger charge is -2.38. The molecule has 2 amide bonds. The van der Waals surface area contributed by atoms with E-state index in [1.807, 2.05) is 6.07 Å². The smallest absolute Gasteiger partial charge is 0.253 e. The summed E-state index contributed by atoms with van der Waals surface area (Å²) >= 11 is 0. The summed E-state index contributed by atoms with van der Waals surface area (Å²) in [5.41, 5.74) is 1.02. The molecule has 166 valence electrons. The number of ether oxygens (including phenoxy) is 2. The lowest BCUT2D eigenvalue weighted by atomic mass is 10.0. The van der Waals surface area contributed by atoms with E-state index in [2.05, 4.69) is 10.2 Å². The highest BCUT2D eigenvalue weighted by atomic mass is 16.7. The maximum absolute atomic E-state index is 13.1. The Morgan fingerprint density at radius 3 is 2.71 bits per heavy atom.